The molecule has 1 aliphatic rings. The fourth-order valence-corrected chi connectivity index (χ4v) is 2.70. The van der Waals surface area contributed by atoms with Gasteiger partial charge in [0, 0.05) is 7.05 Å². The molecule has 3 rings (SSSR count). The van der Waals surface area contributed by atoms with Gasteiger partial charge in [0.25, 0.3) is 11.8 Å². The molecule has 9 heteroatoms. The van der Waals surface area contributed by atoms with Crippen LogP contribution in [0, 0.1) is 0 Å². The molecule has 1 heterocycles. The number of benzene rings is 2. The molecule has 0 unspecified atom stereocenters. The molecule has 0 bridgehead atoms. The second kappa shape index (κ2) is 8.48. The number of carboxylic acids is 1. The second-order valence-electron chi connectivity index (χ2n) is 6.36. The Balaban J connectivity index is 1.78. The number of rotatable bonds is 6. The standard InChI is InChI=1S/C21H18N2O7/c1-23-19(25)15(18(24)22-21(23)28)9-13-5-8-16(17(10-13)29-2)30-11-12-3-6-14(7-4-12)20(26)27/h3-10H,11H2,1-2H3,(H,26,27)(H,22,24,28)/p-1/b15-9+. The van der Waals surface area contributed by atoms with Crippen LogP contribution in [0.5, 0.6) is 11.5 Å². The van der Waals surface area contributed by atoms with E-state index in [1.165, 1.54) is 32.4 Å². The lowest BCUT2D eigenvalue weighted by molar-refractivity contribution is -0.255. The van der Waals surface area contributed by atoms with Crippen LogP contribution >= 0.6 is 0 Å². The van der Waals surface area contributed by atoms with Crippen LogP contribution in [0.2, 0.25) is 0 Å². The van der Waals surface area contributed by atoms with Crippen LogP contribution < -0.4 is 19.9 Å². The van der Waals surface area contributed by atoms with Gasteiger partial charge in [-0.2, -0.15) is 0 Å². The van der Waals surface area contributed by atoms with E-state index in [1.54, 1.807) is 30.3 Å². The first kappa shape index (κ1) is 20.6. The number of carbonyl (C=O) groups is 4. The van der Waals surface area contributed by atoms with E-state index in [4.69, 9.17) is 9.47 Å². The maximum atomic E-state index is 12.2. The fourth-order valence-electron chi connectivity index (χ4n) is 2.70. The topological polar surface area (TPSA) is 125 Å². The molecule has 0 atom stereocenters. The maximum absolute atomic E-state index is 12.2. The first-order chi connectivity index (χ1) is 14.3. The van der Waals surface area contributed by atoms with E-state index in [0.717, 1.165) is 10.5 Å². The number of likely N-dealkylation sites (N-methyl/N-ethyl adjacent to an activating group) is 1. The first-order valence-corrected chi connectivity index (χ1v) is 8.76. The predicted octanol–water partition coefficient (Wildman–Crippen LogP) is 0.729. The highest BCUT2D eigenvalue weighted by atomic mass is 16.5. The smallest absolute Gasteiger partial charge is 0.331 e. The predicted molar refractivity (Wildman–Crippen MR) is 102 cm³/mol. The number of carbonyl (C=O) groups excluding carboxylic acids is 4. The van der Waals surface area contributed by atoms with Gasteiger partial charge in [0.15, 0.2) is 11.5 Å². The van der Waals surface area contributed by atoms with E-state index in [0.29, 0.717) is 17.1 Å². The number of urea groups is 1. The van der Waals surface area contributed by atoms with E-state index in [2.05, 4.69) is 5.32 Å². The summed E-state index contributed by atoms with van der Waals surface area (Å²) in [4.78, 5) is 47.2. The molecule has 30 heavy (non-hydrogen) atoms. The minimum atomic E-state index is -1.26. The van der Waals surface area contributed by atoms with Gasteiger partial charge < -0.3 is 19.4 Å². The van der Waals surface area contributed by atoms with Gasteiger partial charge in [-0.15, -0.1) is 0 Å². The lowest BCUT2D eigenvalue weighted by Crippen LogP contribution is -2.52. The van der Waals surface area contributed by atoms with Gasteiger partial charge in [-0.1, -0.05) is 30.3 Å². The number of barbiturate groups is 1. The SMILES string of the molecule is COc1cc(/C=C2\C(=O)NC(=O)N(C)C2=O)ccc1OCc1ccc(C(=O)[O-])cc1. The van der Waals surface area contributed by atoms with E-state index in [-0.39, 0.29) is 17.7 Å². The van der Waals surface area contributed by atoms with Crippen molar-refractivity contribution in [1.82, 2.24) is 10.2 Å². The van der Waals surface area contributed by atoms with Gasteiger partial charge in [-0.05, 0) is 34.9 Å². The lowest BCUT2D eigenvalue weighted by Gasteiger charge is -2.22. The Bertz CT molecular complexity index is 1060. The van der Waals surface area contributed by atoms with Crippen molar-refractivity contribution in [2.24, 2.45) is 0 Å². The maximum Gasteiger partial charge on any atom is 0.331 e. The van der Waals surface area contributed by atoms with Crippen LogP contribution in [0.4, 0.5) is 4.79 Å². The van der Waals surface area contributed by atoms with Crippen LogP contribution in [-0.4, -0.2) is 42.9 Å². The molecule has 0 aromatic heterocycles. The van der Waals surface area contributed by atoms with Crippen LogP contribution in [0.3, 0.4) is 0 Å². The Morgan fingerprint density at radius 1 is 1.10 bits per heavy atom. The Morgan fingerprint density at radius 3 is 2.43 bits per heavy atom. The highest BCUT2D eigenvalue weighted by molar-refractivity contribution is 6.30. The summed E-state index contributed by atoms with van der Waals surface area (Å²) in [5.74, 6) is -1.96. The zero-order valence-electron chi connectivity index (χ0n) is 16.1. The Labute approximate surface area is 171 Å². The quantitative estimate of drug-likeness (QED) is 0.551. The molecule has 0 aliphatic carbocycles. The third-order valence-electron chi connectivity index (χ3n) is 4.39. The number of carboxylic acid groups (broad SMARTS) is 1. The molecule has 154 valence electrons. The number of hydrogen-bond donors (Lipinski definition) is 1. The van der Waals surface area contributed by atoms with Crippen LogP contribution in [-0.2, 0) is 16.2 Å². The molecule has 0 spiro atoms. The first-order valence-electron chi connectivity index (χ1n) is 8.76. The molecule has 9 nitrogen and oxygen atoms in total. The average Bonchev–Trinajstić information content (AvgIpc) is 2.74. The van der Waals surface area contributed by atoms with E-state index in [1.807, 2.05) is 0 Å². The number of hydrogen-bond acceptors (Lipinski definition) is 7. The summed E-state index contributed by atoms with van der Waals surface area (Å²) in [6.45, 7) is 0.165. The minimum absolute atomic E-state index is 0.0716. The van der Waals surface area contributed by atoms with Gasteiger partial charge >= 0.3 is 6.03 Å². The highest BCUT2D eigenvalue weighted by Crippen LogP contribution is 2.30. The molecule has 0 saturated carbocycles. The van der Waals surface area contributed by atoms with E-state index < -0.39 is 23.8 Å². The largest absolute Gasteiger partial charge is 0.545 e. The molecule has 1 saturated heterocycles. The zero-order valence-corrected chi connectivity index (χ0v) is 16.1. The zero-order chi connectivity index (χ0) is 21.8. The molecule has 1 fully saturated rings. The van der Waals surface area contributed by atoms with Gasteiger partial charge in [0.05, 0.1) is 13.1 Å². The summed E-state index contributed by atoms with van der Waals surface area (Å²) >= 11 is 0. The van der Waals surface area contributed by atoms with Crippen molar-refractivity contribution in [3.05, 3.63) is 64.7 Å². The normalized spacial score (nSPS) is 15.2. The van der Waals surface area contributed by atoms with Crippen LogP contribution in [0.15, 0.2) is 48.0 Å². The third kappa shape index (κ3) is 4.30. The summed E-state index contributed by atoms with van der Waals surface area (Å²) < 4.78 is 11.0. The van der Waals surface area contributed by atoms with Gasteiger partial charge in [0.1, 0.15) is 12.2 Å². The Morgan fingerprint density at radius 2 is 1.80 bits per heavy atom. The van der Waals surface area contributed by atoms with Crippen LogP contribution in [0.25, 0.3) is 6.08 Å². The molecule has 1 aliphatic heterocycles. The second-order valence-corrected chi connectivity index (χ2v) is 6.36. The lowest BCUT2D eigenvalue weighted by atomic mass is 10.1. The van der Waals surface area contributed by atoms with Crippen molar-refractivity contribution in [3.8, 4) is 11.5 Å². The van der Waals surface area contributed by atoms with Gasteiger partial charge in [0.2, 0.25) is 0 Å². The van der Waals surface area contributed by atoms with E-state index in [9.17, 15) is 24.3 Å². The van der Waals surface area contributed by atoms with Crippen molar-refractivity contribution in [2.75, 3.05) is 14.2 Å². The summed E-state index contributed by atoms with van der Waals surface area (Å²) in [6, 6.07) is 10.1. The van der Waals surface area contributed by atoms with Crippen molar-refractivity contribution in [2.45, 2.75) is 6.61 Å². The van der Waals surface area contributed by atoms with Crippen molar-refractivity contribution >= 4 is 29.9 Å². The van der Waals surface area contributed by atoms with Crippen molar-refractivity contribution in [3.63, 3.8) is 0 Å². The van der Waals surface area contributed by atoms with Gasteiger partial charge in [-0.25, -0.2) is 4.79 Å². The molecule has 4 amide bonds. The summed E-state index contributed by atoms with van der Waals surface area (Å²) in [6.07, 6.45) is 1.35. The monoisotopic (exact) mass is 409 g/mol. The number of imide groups is 2. The number of nitrogens with one attached hydrogen (secondary N) is 1. The van der Waals surface area contributed by atoms with Crippen LogP contribution in [0.1, 0.15) is 21.5 Å². The fraction of sp³-hybridized carbons (Fsp3) is 0.143. The number of nitrogens with zero attached hydrogens (tertiary/aromatic N) is 1. The molecule has 2 aromatic rings. The Hall–Kier alpha value is -4.14. The van der Waals surface area contributed by atoms with Gasteiger partial charge in [-0.3, -0.25) is 19.8 Å². The van der Waals surface area contributed by atoms with Crippen molar-refractivity contribution < 1.29 is 33.8 Å². The van der Waals surface area contributed by atoms with Crippen molar-refractivity contribution in [1.29, 1.82) is 0 Å². The molecular formula is C21H17N2O7-. The summed E-state index contributed by atoms with van der Waals surface area (Å²) in [7, 11) is 2.72. The third-order valence-corrected chi connectivity index (χ3v) is 4.39. The summed E-state index contributed by atoms with van der Waals surface area (Å²) in [5.41, 5.74) is 1.13. The highest BCUT2D eigenvalue weighted by Gasteiger charge is 2.33. The molecule has 2 aromatic carbocycles. The minimum Gasteiger partial charge on any atom is -0.545 e. The van der Waals surface area contributed by atoms with E-state index >= 15 is 0 Å². The Kier molecular flexibility index (Phi) is 5.82. The molecule has 1 N–H and O–H groups in total. The number of aromatic carboxylic acids is 1. The molecule has 0 radical (unpaired) electrons. The number of ether oxygens (including phenoxy) is 2. The summed E-state index contributed by atoms with van der Waals surface area (Å²) in [5, 5.41) is 12.9. The average molecular weight is 409 g/mol. The number of amides is 4. The number of methoxy groups -OCH3 is 1. The molecular weight excluding hydrogens is 392 g/mol.